The van der Waals surface area contributed by atoms with Gasteiger partial charge < -0.3 is 30.1 Å². The van der Waals surface area contributed by atoms with E-state index >= 15 is 4.39 Å². The van der Waals surface area contributed by atoms with E-state index in [1.165, 1.54) is 11.1 Å². The van der Waals surface area contributed by atoms with E-state index in [4.69, 9.17) is 4.74 Å². The highest BCUT2D eigenvalue weighted by atomic mass is 19.1. The molecule has 8 aliphatic carbocycles. The Balaban J connectivity index is 0.857. The summed E-state index contributed by atoms with van der Waals surface area (Å²) in [5.41, 5.74) is 3.50. The first-order valence-corrected chi connectivity index (χ1v) is 24.8. The number of likely N-dealkylation sites (N-methyl/N-ethyl adjacent to an activating group) is 1. The van der Waals surface area contributed by atoms with Gasteiger partial charge in [0.1, 0.15) is 11.4 Å². The summed E-state index contributed by atoms with van der Waals surface area (Å²) >= 11 is 0. The topological polar surface area (TPSA) is 128 Å². The molecule has 0 radical (unpaired) electrons. The van der Waals surface area contributed by atoms with E-state index in [1.54, 1.807) is 13.0 Å². The zero-order valence-corrected chi connectivity index (χ0v) is 38.8. The maximum atomic E-state index is 16.5. The fourth-order valence-corrected chi connectivity index (χ4v) is 16.7. The molecule has 9 rings (SSSR count). The smallest absolute Gasteiger partial charge is 0.303 e. The Bertz CT molecular complexity index is 2100. The van der Waals surface area contributed by atoms with Gasteiger partial charge in [0.15, 0.2) is 5.78 Å². The second kappa shape index (κ2) is 16.7. The van der Waals surface area contributed by atoms with E-state index in [-0.39, 0.29) is 76.4 Å². The molecule has 63 heavy (non-hydrogen) atoms. The number of carboxylic acid groups (broad SMARTS) is 1. The van der Waals surface area contributed by atoms with Crippen LogP contribution in [0, 0.1) is 81.2 Å². The standard InChI is InChI=1S/C54H74FNO7/c1-7-20-54(62)22-19-41-38-12-9-32-25-35(57)11-13-37(32)49(38)39(30-52(41,54)4)33-10-16-45(44(55)26-33)56(6)23-24-63-36-18-21-51(3)34(27-36)28-46(58)50-42-15-14-40(31(2)8-17-48(60)61)53(42,5)47(59)29-43(50)51/h10,16,25-26,31,34,36,38-43,46-47,50,58-59,62H,8-9,11-15,17-19,21-24,27-30H2,1-6H3,(H,60,61)/t31-,34+,36+,38?,39-,40?,41?,42+,43+,46-,47+,50+,51+,52+,53-,54+/m1/s1. The van der Waals surface area contributed by atoms with Crippen LogP contribution in [0.2, 0.25) is 0 Å². The number of carboxylic acids is 1. The van der Waals surface area contributed by atoms with E-state index in [1.807, 2.05) is 24.1 Å². The number of rotatable bonds is 10. The molecule has 0 bridgehead atoms. The molecule has 344 valence electrons. The highest BCUT2D eigenvalue weighted by Gasteiger charge is 2.66. The fraction of sp³-hybridized carbons (Fsp3) is 0.741. The quantitative estimate of drug-likeness (QED) is 0.172. The van der Waals surface area contributed by atoms with Crippen molar-refractivity contribution in [2.75, 3.05) is 25.1 Å². The number of allylic oxidation sites excluding steroid dienone is 4. The number of benzene rings is 1. The first kappa shape index (κ1) is 45.1. The van der Waals surface area contributed by atoms with Gasteiger partial charge in [-0.05, 0) is 190 Å². The molecule has 4 N–H and O–H groups in total. The summed E-state index contributed by atoms with van der Waals surface area (Å²) in [5.74, 6) is 7.31. The molecule has 8 nitrogen and oxygen atoms in total. The van der Waals surface area contributed by atoms with Gasteiger partial charge in [0.2, 0.25) is 0 Å². The van der Waals surface area contributed by atoms with Gasteiger partial charge in [-0.2, -0.15) is 0 Å². The minimum Gasteiger partial charge on any atom is -0.481 e. The summed E-state index contributed by atoms with van der Waals surface area (Å²) < 4.78 is 23.0. The van der Waals surface area contributed by atoms with Crippen molar-refractivity contribution in [3.05, 3.63) is 52.4 Å². The van der Waals surface area contributed by atoms with Crippen LogP contribution in [-0.2, 0) is 14.3 Å². The van der Waals surface area contributed by atoms with Gasteiger partial charge in [0.25, 0.3) is 0 Å². The number of aliphatic hydroxyl groups is 3. The number of anilines is 1. The normalized spacial score (nSPS) is 43.2. The molecule has 3 unspecified atom stereocenters. The van der Waals surface area contributed by atoms with Crippen molar-refractivity contribution in [1.29, 1.82) is 0 Å². The summed E-state index contributed by atoms with van der Waals surface area (Å²) in [5, 5.41) is 45.3. The van der Waals surface area contributed by atoms with Crippen LogP contribution in [0.15, 0.2) is 41.0 Å². The van der Waals surface area contributed by atoms with Gasteiger partial charge in [-0.3, -0.25) is 9.59 Å². The zero-order valence-electron chi connectivity index (χ0n) is 38.8. The first-order valence-electron chi connectivity index (χ1n) is 24.8. The minimum atomic E-state index is -1.08. The van der Waals surface area contributed by atoms with E-state index in [0.717, 1.165) is 75.3 Å². The number of nitrogens with zero attached hydrogens (tertiary/aromatic N) is 1. The second-order valence-electron chi connectivity index (χ2n) is 22.7. The van der Waals surface area contributed by atoms with Crippen molar-refractivity contribution in [1.82, 2.24) is 0 Å². The summed E-state index contributed by atoms with van der Waals surface area (Å²) in [6.07, 6.45) is 13.3. The van der Waals surface area contributed by atoms with Crippen molar-refractivity contribution in [2.45, 2.75) is 167 Å². The van der Waals surface area contributed by atoms with Crippen LogP contribution in [0.5, 0.6) is 0 Å². The number of aliphatic carboxylic acids is 1. The molecule has 0 aromatic heterocycles. The maximum absolute atomic E-state index is 16.5. The molecule has 6 saturated carbocycles. The molecule has 9 heteroatoms. The largest absolute Gasteiger partial charge is 0.481 e. The van der Waals surface area contributed by atoms with Crippen LogP contribution in [0.4, 0.5) is 10.1 Å². The Morgan fingerprint density at radius 1 is 1.00 bits per heavy atom. The zero-order chi connectivity index (χ0) is 44.8. The van der Waals surface area contributed by atoms with Crippen LogP contribution in [0.3, 0.4) is 0 Å². The van der Waals surface area contributed by atoms with Crippen molar-refractivity contribution < 1.29 is 39.1 Å². The van der Waals surface area contributed by atoms with Gasteiger partial charge in [0, 0.05) is 37.8 Å². The fourth-order valence-electron chi connectivity index (χ4n) is 16.7. The highest BCUT2D eigenvalue weighted by Crippen LogP contribution is 2.69. The van der Waals surface area contributed by atoms with E-state index in [9.17, 15) is 30.0 Å². The van der Waals surface area contributed by atoms with Gasteiger partial charge in [-0.1, -0.05) is 45.3 Å². The third kappa shape index (κ3) is 7.30. The van der Waals surface area contributed by atoms with Crippen LogP contribution in [-0.4, -0.2) is 76.3 Å². The van der Waals surface area contributed by atoms with Crippen molar-refractivity contribution in [2.24, 2.45) is 63.6 Å². The van der Waals surface area contributed by atoms with Gasteiger partial charge >= 0.3 is 5.97 Å². The van der Waals surface area contributed by atoms with Gasteiger partial charge in [-0.15, -0.1) is 5.92 Å². The summed E-state index contributed by atoms with van der Waals surface area (Å²) in [7, 11) is 1.92. The third-order valence-electron chi connectivity index (χ3n) is 20.1. The van der Waals surface area contributed by atoms with Crippen molar-refractivity contribution in [3.63, 3.8) is 0 Å². The minimum absolute atomic E-state index is 0.0119. The monoisotopic (exact) mass is 868 g/mol. The lowest BCUT2D eigenvalue weighted by atomic mass is 9.43. The lowest BCUT2D eigenvalue weighted by Gasteiger charge is -2.63. The summed E-state index contributed by atoms with van der Waals surface area (Å²) in [6, 6.07) is 5.71. The average Bonchev–Trinajstić information content (AvgIpc) is 3.73. The molecule has 1 aromatic carbocycles. The molecule has 0 saturated heterocycles. The lowest BCUT2D eigenvalue weighted by molar-refractivity contribution is -0.209. The number of fused-ring (bicyclic) bond motifs is 9. The third-order valence-corrected chi connectivity index (χ3v) is 20.1. The maximum Gasteiger partial charge on any atom is 0.303 e. The van der Waals surface area contributed by atoms with E-state index in [0.29, 0.717) is 62.8 Å². The predicted molar refractivity (Wildman–Crippen MR) is 242 cm³/mol. The Morgan fingerprint density at radius 3 is 2.54 bits per heavy atom. The first-order chi connectivity index (χ1) is 29.9. The highest BCUT2D eigenvalue weighted by molar-refractivity contribution is 5.93. The van der Waals surface area contributed by atoms with Gasteiger partial charge in [-0.25, -0.2) is 4.39 Å². The number of ketones is 1. The molecule has 0 amide bonds. The predicted octanol–water partition coefficient (Wildman–Crippen LogP) is 9.40. The molecule has 16 atom stereocenters. The number of ether oxygens (including phenoxy) is 1. The van der Waals surface area contributed by atoms with Gasteiger partial charge in [0.05, 0.1) is 30.6 Å². The van der Waals surface area contributed by atoms with Crippen LogP contribution in [0.25, 0.3) is 0 Å². The molecule has 1 aromatic rings. The molecule has 0 aliphatic heterocycles. The number of hydrogen-bond acceptors (Lipinski definition) is 7. The van der Waals surface area contributed by atoms with Crippen LogP contribution >= 0.6 is 0 Å². The molecular formula is C54H74FNO7. The Kier molecular flexibility index (Phi) is 12.0. The average molecular weight is 868 g/mol. The molecule has 8 aliphatic rings. The van der Waals surface area contributed by atoms with Crippen LogP contribution < -0.4 is 4.90 Å². The summed E-state index contributed by atoms with van der Waals surface area (Å²) in [6.45, 7) is 11.8. The van der Waals surface area contributed by atoms with E-state index in [2.05, 4.69) is 45.6 Å². The number of carbonyl (C=O) groups is 2. The lowest BCUT2D eigenvalue weighted by Crippen LogP contribution is -2.62. The Morgan fingerprint density at radius 2 is 1.79 bits per heavy atom. The van der Waals surface area contributed by atoms with Crippen molar-refractivity contribution >= 4 is 17.4 Å². The molecule has 0 heterocycles. The second-order valence-corrected chi connectivity index (χ2v) is 22.7. The number of halogens is 1. The number of hydrogen-bond donors (Lipinski definition) is 4. The molecule has 6 fully saturated rings. The van der Waals surface area contributed by atoms with E-state index < -0.39 is 29.2 Å². The SMILES string of the molecule is CC#C[C@]1(O)CCC2C3CCC4=CC(=O)CCC4=C3[C@@H](c3ccc(N(C)CCO[C@H]4CC[C@@]5(C)[C@@H](C4)C[C@@H](O)[C@@H]4[C@@H]5C[C@H](O)[C@]5(C)C([C@H](C)CCC(=O)O)CC[C@@H]45)c(F)c3)C[C@@]21C. The van der Waals surface area contributed by atoms with Crippen molar-refractivity contribution in [3.8, 4) is 11.8 Å². The Hall–Kier alpha value is -3.03. The number of carbonyl (C=O) groups excluding carboxylic acids is 1. The number of aliphatic hydroxyl groups excluding tert-OH is 2. The summed E-state index contributed by atoms with van der Waals surface area (Å²) in [4.78, 5) is 25.9. The Labute approximate surface area is 375 Å². The molecule has 0 spiro atoms. The van der Waals surface area contributed by atoms with Crippen LogP contribution in [0.1, 0.15) is 149 Å². The molecular weight excluding hydrogens is 794 g/mol.